The third-order valence-electron chi connectivity index (χ3n) is 4.33. The summed E-state index contributed by atoms with van der Waals surface area (Å²) in [5.41, 5.74) is 5.13. The Hall–Kier alpha value is -2.92. The van der Waals surface area contributed by atoms with E-state index in [1.165, 1.54) is 16.9 Å². The molecule has 0 bridgehead atoms. The molecule has 0 spiro atoms. The molecule has 26 heavy (non-hydrogen) atoms. The van der Waals surface area contributed by atoms with Crippen molar-refractivity contribution in [2.75, 3.05) is 0 Å². The highest BCUT2D eigenvalue weighted by Crippen LogP contribution is 2.34. The fourth-order valence-corrected chi connectivity index (χ4v) is 3.97. The van der Waals surface area contributed by atoms with Crippen molar-refractivity contribution in [1.82, 2.24) is 4.57 Å². The molecule has 130 valence electrons. The molecule has 1 aliphatic rings. The molecule has 0 radical (unpaired) electrons. The van der Waals surface area contributed by atoms with Gasteiger partial charge in [0.15, 0.2) is 4.80 Å². The summed E-state index contributed by atoms with van der Waals surface area (Å²) >= 11 is 1.48. The van der Waals surface area contributed by atoms with E-state index in [2.05, 4.69) is 11.9 Å². The van der Waals surface area contributed by atoms with Crippen LogP contribution in [0.1, 0.15) is 22.9 Å². The minimum atomic E-state index is 0.244. The molecule has 2 heterocycles. The number of hydrogen-bond donors (Lipinski definition) is 1. The Balaban J connectivity index is 1.80. The average molecular weight is 361 g/mol. The number of aromatic nitrogens is 1. The SMILES string of the molecule is CCn1c(O)c(/C=C2/C=Nc3ccccc32)sc1=Nc1ccc(C)cc1. The second-order valence-electron chi connectivity index (χ2n) is 6.14. The largest absolute Gasteiger partial charge is 0.493 e. The van der Waals surface area contributed by atoms with Crippen LogP contribution in [0, 0.1) is 6.92 Å². The minimum absolute atomic E-state index is 0.244. The number of benzene rings is 2. The molecule has 0 saturated carbocycles. The van der Waals surface area contributed by atoms with Gasteiger partial charge in [-0.1, -0.05) is 47.2 Å². The zero-order valence-corrected chi connectivity index (χ0v) is 15.5. The molecule has 0 aliphatic carbocycles. The molecular formula is C21H19N3OS. The number of nitrogens with zero attached hydrogens (tertiary/aromatic N) is 3. The van der Waals surface area contributed by atoms with Crippen LogP contribution < -0.4 is 4.80 Å². The van der Waals surface area contributed by atoms with Crippen molar-refractivity contribution in [3.63, 3.8) is 0 Å². The normalized spacial score (nSPS) is 15.0. The van der Waals surface area contributed by atoms with Gasteiger partial charge in [-0.15, -0.1) is 0 Å². The predicted octanol–water partition coefficient (Wildman–Crippen LogP) is 5.07. The summed E-state index contributed by atoms with van der Waals surface area (Å²) in [7, 11) is 0. The summed E-state index contributed by atoms with van der Waals surface area (Å²) in [5, 5.41) is 10.7. The van der Waals surface area contributed by atoms with Crippen molar-refractivity contribution in [1.29, 1.82) is 0 Å². The fourth-order valence-electron chi connectivity index (χ4n) is 2.91. The standard InChI is InChI=1S/C21H19N3OS/c1-3-24-20(25)19(12-15-13-22-18-7-5-4-6-17(15)18)26-21(24)23-16-10-8-14(2)9-11-16/h4-13,25H,3H2,1-2H3/b15-12-,23-21?. The van der Waals surface area contributed by atoms with Gasteiger partial charge in [-0.3, -0.25) is 9.56 Å². The maximum atomic E-state index is 10.7. The van der Waals surface area contributed by atoms with Crippen molar-refractivity contribution in [2.24, 2.45) is 9.98 Å². The maximum absolute atomic E-state index is 10.7. The number of hydrogen-bond acceptors (Lipinski definition) is 4. The van der Waals surface area contributed by atoms with Crippen molar-refractivity contribution in [3.05, 3.63) is 69.3 Å². The second-order valence-corrected chi connectivity index (χ2v) is 7.15. The lowest BCUT2D eigenvalue weighted by Crippen LogP contribution is -2.12. The highest BCUT2D eigenvalue weighted by Gasteiger charge is 2.15. The van der Waals surface area contributed by atoms with E-state index >= 15 is 0 Å². The van der Waals surface area contributed by atoms with Crippen LogP contribution >= 0.6 is 11.3 Å². The van der Waals surface area contributed by atoms with Crippen LogP contribution in [0.15, 0.2) is 58.5 Å². The molecule has 1 N–H and O–H groups in total. The summed E-state index contributed by atoms with van der Waals surface area (Å²) < 4.78 is 1.83. The molecule has 1 aromatic heterocycles. The smallest absolute Gasteiger partial charge is 0.211 e. The number of thiazole rings is 1. The molecule has 0 amide bonds. The lowest BCUT2D eigenvalue weighted by atomic mass is 10.1. The van der Waals surface area contributed by atoms with Gasteiger partial charge >= 0.3 is 0 Å². The molecule has 0 fully saturated rings. The molecule has 0 atom stereocenters. The summed E-state index contributed by atoms with van der Waals surface area (Å²) in [5.74, 6) is 0.244. The van der Waals surface area contributed by atoms with Gasteiger partial charge in [0.1, 0.15) is 0 Å². The van der Waals surface area contributed by atoms with Gasteiger partial charge in [-0.2, -0.15) is 0 Å². The van der Waals surface area contributed by atoms with E-state index in [1.807, 2.05) is 72.3 Å². The zero-order valence-electron chi connectivity index (χ0n) is 14.7. The predicted molar refractivity (Wildman–Crippen MR) is 109 cm³/mol. The number of aryl methyl sites for hydroxylation is 1. The Labute approximate surface area is 156 Å². The summed E-state index contributed by atoms with van der Waals surface area (Å²) in [4.78, 5) is 10.7. The van der Waals surface area contributed by atoms with Crippen LogP contribution in [0.2, 0.25) is 0 Å². The first-order valence-electron chi connectivity index (χ1n) is 8.55. The average Bonchev–Trinajstić information content (AvgIpc) is 3.19. The molecule has 4 rings (SSSR count). The van der Waals surface area contributed by atoms with E-state index < -0.39 is 0 Å². The molecule has 1 aliphatic heterocycles. The first kappa shape index (κ1) is 16.5. The lowest BCUT2D eigenvalue weighted by Gasteiger charge is -2.01. The third kappa shape index (κ3) is 3.02. The van der Waals surface area contributed by atoms with Crippen molar-refractivity contribution in [2.45, 2.75) is 20.4 Å². The first-order valence-corrected chi connectivity index (χ1v) is 9.36. The number of aliphatic imine (C=N–C) groups is 1. The highest BCUT2D eigenvalue weighted by atomic mass is 32.1. The second kappa shape index (κ2) is 6.77. The van der Waals surface area contributed by atoms with Gasteiger partial charge in [-0.05, 0) is 38.1 Å². The quantitative estimate of drug-likeness (QED) is 0.695. The fraction of sp³-hybridized carbons (Fsp3) is 0.143. The first-order chi connectivity index (χ1) is 12.7. The molecule has 3 aromatic rings. The lowest BCUT2D eigenvalue weighted by molar-refractivity contribution is 0.416. The van der Waals surface area contributed by atoms with E-state index in [0.717, 1.165) is 32.2 Å². The summed E-state index contributed by atoms with van der Waals surface area (Å²) in [6.07, 6.45) is 3.83. The number of rotatable bonds is 3. The Morgan fingerprint density at radius 3 is 2.69 bits per heavy atom. The van der Waals surface area contributed by atoms with Crippen LogP contribution in [0.3, 0.4) is 0 Å². The molecular weight excluding hydrogens is 342 g/mol. The maximum Gasteiger partial charge on any atom is 0.211 e. The molecule has 5 heteroatoms. The van der Waals surface area contributed by atoms with Crippen LogP contribution in [-0.4, -0.2) is 15.9 Å². The van der Waals surface area contributed by atoms with E-state index in [1.54, 1.807) is 0 Å². The van der Waals surface area contributed by atoms with Gasteiger partial charge in [-0.25, -0.2) is 4.99 Å². The Bertz CT molecular complexity index is 1090. The Morgan fingerprint density at radius 2 is 1.92 bits per heavy atom. The van der Waals surface area contributed by atoms with E-state index in [-0.39, 0.29) is 5.88 Å². The topological polar surface area (TPSA) is 49.9 Å². The van der Waals surface area contributed by atoms with Crippen molar-refractivity contribution < 1.29 is 5.11 Å². The Morgan fingerprint density at radius 1 is 1.15 bits per heavy atom. The number of aromatic hydroxyl groups is 1. The van der Waals surface area contributed by atoms with E-state index in [0.29, 0.717) is 6.54 Å². The van der Waals surface area contributed by atoms with Gasteiger partial charge in [0, 0.05) is 23.9 Å². The number of allylic oxidation sites excluding steroid dienone is 1. The van der Waals surface area contributed by atoms with Crippen molar-refractivity contribution >= 4 is 40.6 Å². The van der Waals surface area contributed by atoms with Gasteiger partial charge in [0.2, 0.25) is 5.88 Å². The summed E-state index contributed by atoms with van der Waals surface area (Å²) in [6, 6.07) is 16.1. The molecule has 4 nitrogen and oxygen atoms in total. The van der Waals surface area contributed by atoms with E-state index in [9.17, 15) is 5.11 Å². The van der Waals surface area contributed by atoms with E-state index in [4.69, 9.17) is 4.99 Å². The van der Waals surface area contributed by atoms with Gasteiger partial charge in [0.05, 0.1) is 16.3 Å². The zero-order chi connectivity index (χ0) is 18.1. The van der Waals surface area contributed by atoms with Crippen LogP contribution in [0.4, 0.5) is 11.4 Å². The number of fused-ring (bicyclic) bond motifs is 1. The molecule has 0 unspecified atom stereocenters. The number of para-hydroxylation sites is 1. The molecule has 0 saturated heterocycles. The van der Waals surface area contributed by atoms with Gasteiger partial charge < -0.3 is 5.11 Å². The minimum Gasteiger partial charge on any atom is -0.493 e. The van der Waals surface area contributed by atoms with Crippen LogP contribution in [0.5, 0.6) is 5.88 Å². The highest BCUT2D eigenvalue weighted by molar-refractivity contribution is 7.10. The Kier molecular flexibility index (Phi) is 4.31. The third-order valence-corrected chi connectivity index (χ3v) is 5.34. The van der Waals surface area contributed by atoms with Crippen LogP contribution in [0.25, 0.3) is 11.6 Å². The molecule has 2 aromatic carbocycles. The monoisotopic (exact) mass is 361 g/mol. The van der Waals surface area contributed by atoms with Crippen molar-refractivity contribution in [3.8, 4) is 5.88 Å². The summed E-state index contributed by atoms with van der Waals surface area (Å²) in [6.45, 7) is 4.71. The van der Waals surface area contributed by atoms with Gasteiger partial charge in [0.25, 0.3) is 0 Å². The van der Waals surface area contributed by atoms with Crippen LogP contribution in [-0.2, 0) is 6.54 Å².